The highest BCUT2D eigenvalue weighted by molar-refractivity contribution is 5.82. The molecule has 0 aromatic rings. The minimum absolute atomic E-state index is 0.125. The lowest BCUT2D eigenvalue weighted by Gasteiger charge is -2.37. The predicted octanol–water partition coefficient (Wildman–Crippen LogP) is 13.2. The maximum atomic E-state index is 13.6. The number of hydrogen-bond donors (Lipinski definition) is 9. The number of unbranched alkanes of at least 4 members (excludes halogenated alkanes) is 26. The molecule has 0 bridgehead atoms. The zero-order valence-corrected chi connectivity index (χ0v) is 56.9. The van der Waals surface area contributed by atoms with Crippen molar-refractivity contribution >= 4 is 11.8 Å². The van der Waals surface area contributed by atoms with Crippen molar-refractivity contribution < 1.29 is 18.6 Å². The maximum Gasteiger partial charge on any atom is 0.237 e. The van der Waals surface area contributed by atoms with Crippen molar-refractivity contribution in [1.82, 2.24) is 31.9 Å². The van der Waals surface area contributed by atoms with E-state index in [9.17, 15) is 9.59 Å². The molecule has 0 aliphatic heterocycles. The van der Waals surface area contributed by atoms with Gasteiger partial charge in [0.15, 0.2) is 0 Å². The van der Waals surface area contributed by atoms with Gasteiger partial charge >= 0.3 is 0 Å². The second-order valence-electron chi connectivity index (χ2n) is 26.0. The Bertz CT molecular complexity index is 1330. The minimum Gasteiger partial charge on any atom is -0.355 e. The Morgan fingerprint density at radius 1 is 0.321 bits per heavy atom. The average Bonchev–Trinajstić information content (AvgIpc) is 3.64. The minimum atomic E-state index is -0.191. The van der Waals surface area contributed by atoms with Gasteiger partial charge in [0.05, 0.1) is 65.4 Å². The number of rotatable bonds is 69. The maximum absolute atomic E-state index is 13.6. The van der Waals surface area contributed by atoms with Gasteiger partial charge in [0, 0.05) is 38.8 Å². The van der Waals surface area contributed by atoms with E-state index in [4.69, 9.17) is 17.2 Å². The number of nitrogens with two attached hydrogens (primary N) is 3. The molecule has 4 unspecified atom stereocenters. The van der Waals surface area contributed by atoms with Crippen molar-refractivity contribution in [2.45, 2.75) is 296 Å². The second kappa shape index (κ2) is 64.1. The second-order valence-corrected chi connectivity index (χ2v) is 26.0. The molecule has 0 saturated heterocycles. The Balaban J connectivity index is 5.69. The molecule has 13 nitrogen and oxygen atoms in total. The standard InChI is InChI=1S/C71H147N11O2/c1-6-9-12-14-16-18-20-22-24-26-28-30-32-34-36-38-62-81(4,66-47-60-79-70(83)68(77-58-45-52-73)49-42-55-75-54-11-8-3)64-40-41-65-82(5,63-39-37-35-33-31-29-27-25-23-21-19-17-15-13-10-7-2)67-48-61-80-71(84)69(78-59-46-53-74)50-43-56-76-57-44-51-72/h22-25,68-69,75-78H,6-21,26-67,72-74H2,1-5H3/p+2/b24-22-,25-23-. The molecule has 2 amide bonds. The summed E-state index contributed by atoms with van der Waals surface area (Å²) in [7, 11) is 5.00. The molecule has 498 valence electrons. The third-order valence-electron chi connectivity index (χ3n) is 17.5. The topological polar surface area (TPSA) is 184 Å². The Labute approximate surface area is 522 Å². The molecular weight excluding hydrogens is 1040 g/mol. The van der Waals surface area contributed by atoms with E-state index in [2.05, 4.69) is 91.1 Å². The van der Waals surface area contributed by atoms with E-state index in [1.54, 1.807) is 0 Å². The van der Waals surface area contributed by atoms with E-state index in [0.717, 1.165) is 126 Å². The first-order chi connectivity index (χ1) is 41.1. The third kappa shape index (κ3) is 55.4. The van der Waals surface area contributed by atoms with Crippen molar-refractivity contribution in [2.75, 3.05) is 125 Å². The van der Waals surface area contributed by atoms with E-state index in [0.29, 0.717) is 26.2 Å². The summed E-state index contributed by atoms with van der Waals surface area (Å²) in [6, 6.07) is -0.361. The van der Waals surface area contributed by atoms with Crippen LogP contribution in [0.4, 0.5) is 0 Å². The van der Waals surface area contributed by atoms with Gasteiger partial charge in [-0.2, -0.15) is 0 Å². The fourth-order valence-corrected chi connectivity index (χ4v) is 11.8. The quantitative estimate of drug-likeness (QED) is 0.0162. The molecule has 13 heteroatoms. The van der Waals surface area contributed by atoms with Crippen LogP contribution in [0.15, 0.2) is 24.3 Å². The Morgan fingerprint density at radius 2 is 0.595 bits per heavy atom. The van der Waals surface area contributed by atoms with Crippen molar-refractivity contribution in [3.63, 3.8) is 0 Å². The van der Waals surface area contributed by atoms with Crippen LogP contribution in [-0.2, 0) is 9.59 Å². The first kappa shape index (κ1) is 82.1. The molecule has 0 fully saturated rings. The number of carbonyl (C=O) groups is 2. The van der Waals surface area contributed by atoms with E-state index in [-0.39, 0.29) is 23.9 Å². The molecule has 12 N–H and O–H groups in total. The van der Waals surface area contributed by atoms with Gasteiger partial charge < -0.3 is 58.1 Å². The van der Waals surface area contributed by atoms with Gasteiger partial charge in [0.2, 0.25) is 11.8 Å². The van der Waals surface area contributed by atoms with Crippen molar-refractivity contribution in [2.24, 2.45) is 17.2 Å². The van der Waals surface area contributed by atoms with Crippen molar-refractivity contribution in [3.8, 4) is 0 Å². The molecule has 0 aliphatic carbocycles. The summed E-state index contributed by atoms with van der Waals surface area (Å²) < 4.78 is 2.15. The van der Waals surface area contributed by atoms with Crippen molar-refractivity contribution in [1.29, 1.82) is 0 Å². The molecule has 0 aromatic heterocycles. The summed E-state index contributed by atoms with van der Waals surface area (Å²) in [6.07, 6.45) is 60.1. The van der Waals surface area contributed by atoms with Crippen LogP contribution in [-0.4, -0.2) is 158 Å². The molecule has 4 atom stereocenters. The van der Waals surface area contributed by atoms with Gasteiger partial charge in [-0.1, -0.05) is 154 Å². The highest BCUT2D eigenvalue weighted by Crippen LogP contribution is 2.18. The summed E-state index contributed by atoms with van der Waals surface area (Å²) >= 11 is 0. The zero-order chi connectivity index (χ0) is 61.4. The number of amides is 2. The number of quaternary nitrogens is 2. The normalized spacial score (nSPS) is 14.1. The zero-order valence-electron chi connectivity index (χ0n) is 56.9. The van der Waals surface area contributed by atoms with Crippen LogP contribution >= 0.6 is 0 Å². The van der Waals surface area contributed by atoms with Crippen LogP contribution in [0.1, 0.15) is 284 Å². The Hall–Kier alpha value is -1.94. The number of carbonyl (C=O) groups excluding carboxylic acids is 2. The van der Waals surface area contributed by atoms with Gasteiger partial charge in [-0.15, -0.1) is 0 Å². The fraction of sp³-hybridized carbons (Fsp3) is 0.915. The first-order valence-electron chi connectivity index (χ1n) is 36.6. The lowest BCUT2D eigenvalue weighted by atomic mass is 10.1. The molecule has 0 spiro atoms. The van der Waals surface area contributed by atoms with Crippen LogP contribution in [0.25, 0.3) is 0 Å². The van der Waals surface area contributed by atoms with E-state index in [1.165, 1.54) is 232 Å². The molecule has 0 aromatic carbocycles. The SMILES string of the molecule is CCCCCCCC/C=C\CCCCCCCC[N+](C)(CCCC[N+](C)(CCCCCCCC/C=C\CCCCCCCC)CCCNC(=O)C(CCCNCCCN)NCCCN)CCCNC(=O)C(CCCNCCCC)NCCCN. The average molecular weight is 1190 g/mol. The van der Waals surface area contributed by atoms with E-state index >= 15 is 0 Å². The number of allylic oxidation sites excluding steroid dienone is 4. The van der Waals surface area contributed by atoms with Crippen LogP contribution < -0.4 is 49.1 Å². The molecule has 0 radical (unpaired) electrons. The predicted molar refractivity (Wildman–Crippen MR) is 369 cm³/mol. The summed E-state index contributed by atoms with van der Waals surface area (Å²) in [5.74, 6) is 0.266. The van der Waals surface area contributed by atoms with Crippen LogP contribution in [0.5, 0.6) is 0 Å². The molecule has 0 heterocycles. The van der Waals surface area contributed by atoms with E-state index < -0.39 is 0 Å². The summed E-state index contributed by atoms with van der Waals surface area (Å²) in [5, 5.41) is 20.8. The number of hydrogen-bond acceptors (Lipinski definition) is 9. The van der Waals surface area contributed by atoms with Crippen molar-refractivity contribution in [3.05, 3.63) is 24.3 Å². The number of nitrogens with zero attached hydrogens (tertiary/aromatic N) is 2. The smallest absolute Gasteiger partial charge is 0.237 e. The molecule has 0 saturated carbocycles. The highest BCUT2D eigenvalue weighted by atomic mass is 16.2. The molecule has 0 rings (SSSR count). The Kier molecular flexibility index (Phi) is 62.6. The lowest BCUT2D eigenvalue weighted by Crippen LogP contribution is -2.50. The number of nitrogens with one attached hydrogen (secondary N) is 6. The largest absolute Gasteiger partial charge is 0.355 e. The molecule has 84 heavy (non-hydrogen) atoms. The Morgan fingerprint density at radius 3 is 0.940 bits per heavy atom. The summed E-state index contributed by atoms with van der Waals surface area (Å²) in [4.78, 5) is 27.2. The van der Waals surface area contributed by atoms with Gasteiger partial charge in [0.25, 0.3) is 0 Å². The third-order valence-corrected chi connectivity index (χ3v) is 17.5. The summed E-state index contributed by atoms with van der Waals surface area (Å²) in [6.45, 7) is 22.5. The van der Waals surface area contributed by atoms with Gasteiger partial charge in [-0.25, -0.2) is 0 Å². The summed E-state index contributed by atoms with van der Waals surface area (Å²) in [5.41, 5.74) is 17.4. The monoisotopic (exact) mass is 1190 g/mol. The lowest BCUT2D eigenvalue weighted by molar-refractivity contribution is -0.916. The van der Waals surface area contributed by atoms with Crippen LogP contribution in [0.2, 0.25) is 0 Å². The fourth-order valence-electron chi connectivity index (χ4n) is 11.8. The van der Waals surface area contributed by atoms with Crippen LogP contribution in [0, 0.1) is 0 Å². The van der Waals surface area contributed by atoms with Crippen LogP contribution in [0.3, 0.4) is 0 Å². The van der Waals surface area contributed by atoms with Gasteiger partial charge in [0.1, 0.15) is 0 Å². The van der Waals surface area contributed by atoms with E-state index in [1.807, 2.05) is 0 Å². The van der Waals surface area contributed by atoms with Gasteiger partial charge in [-0.3, -0.25) is 9.59 Å². The first-order valence-corrected chi connectivity index (χ1v) is 36.6. The highest BCUT2D eigenvalue weighted by Gasteiger charge is 2.25. The molecule has 0 aliphatic rings. The molecular formula is C71H149N11O2+2. The van der Waals surface area contributed by atoms with Gasteiger partial charge in [-0.05, 0) is 187 Å².